The van der Waals surface area contributed by atoms with Gasteiger partial charge < -0.3 is 25.0 Å². The Bertz CT molecular complexity index is 648. The summed E-state index contributed by atoms with van der Waals surface area (Å²) >= 11 is 0. The molecule has 1 heterocycles. The van der Waals surface area contributed by atoms with E-state index in [1.807, 2.05) is 25.7 Å². The lowest BCUT2D eigenvalue weighted by Gasteiger charge is -2.38. The highest BCUT2D eigenvalue weighted by Gasteiger charge is 2.29. The quantitative estimate of drug-likeness (QED) is 0.799. The summed E-state index contributed by atoms with van der Waals surface area (Å²) in [5, 5.41) is 6.12. The van der Waals surface area contributed by atoms with Crippen LogP contribution in [0.25, 0.3) is 0 Å². The third kappa shape index (κ3) is 4.88. The lowest BCUT2D eigenvalue weighted by Crippen LogP contribution is -2.57. The Morgan fingerprint density at radius 3 is 2.69 bits per heavy atom. The van der Waals surface area contributed by atoms with E-state index >= 15 is 0 Å². The van der Waals surface area contributed by atoms with Crippen LogP contribution in [0.5, 0.6) is 11.5 Å². The highest BCUT2D eigenvalue weighted by molar-refractivity contribution is 5.95. The Kier molecular flexibility index (Phi) is 6.85. The number of carbonyl (C=O) groups is 2. The summed E-state index contributed by atoms with van der Waals surface area (Å²) < 4.78 is 10.9. The van der Waals surface area contributed by atoms with Gasteiger partial charge in [-0.25, -0.2) is 0 Å². The molecule has 144 valence electrons. The van der Waals surface area contributed by atoms with Gasteiger partial charge in [-0.05, 0) is 45.9 Å². The smallest absolute Gasteiger partial charge is 0.258 e. The Morgan fingerprint density at radius 2 is 2.04 bits per heavy atom. The largest absolute Gasteiger partial charge is 0.493 e. The van der Waals surface area contributed by atoms with Gasteiger partial charge in [0, 0.05) is 36.8 Å². The molecule has 2 N–H and O–H groups in total. The standard InChI is InChI=1S/C19H29N3O4/c1-12(2)21-18(23)11-26-16-7-6-15(10-17(16)25-5)19(24)22-9-8-20-13(3)14(22)4/h6-7,10,12-14,20H,8-9,11H2,1-5H3,(H,21,23). The summed E-state index contributed by atoms with van der Waals surface area (Å²) in [5.74, 6) is 0.632. The van der Waals surface area contributed by atoms with Crippen molar-refractivity contribution in [2.45, 2.75) is 45.8 Å². The third-order valence-corrected chi connectivity index (χ3v) is 4.51. The second-order valence-electron chi connectivity index (χ2n) is 6.86. The summed E-state index contributed by atoms with van der Waals surface area (Å²) in [4.78, 5) is 26.5. The van der Waals surface area contributed by atoms with E-state index in [0.717, 1.165) is 6.54 Å². The van der Waals surface area contributed by atoms with Crippen LogP contribution in [0.4, 0.5) is 0 Å². The van der Waals surface area contributed by atoms with E-state index in [9.17, 15) is 9.59 Å². The maximum Gasteiger partial charge on any atom is 0.258 e. The summed E-state index contributed by atoms with van der Waals surface area (Å²) in [6.45, 7) is 9.23. The van der Waals surface area contributed by atoms with Gasteiger partial charge in [-0.3, -0.25) is 9.59 Å². The number of nitrogens with one attached hydrogen (secondary N) is 2. The van der Waals surface area contributed by atoms with Crippen molar-refractivity contribution >= 4 is 11.8 Å². The van der Waals surface area contributed by atoms with Crippen molar-refractivity contribution < 1.29 is 19.1 Å². The van der Waals surface area contributed by atoms with Crippen LogP contribution in [-0.4, -0.2) is 61.6 Å². The van der Waals surface area contributed by atoms with Crippen molar-refractivity contribution in [1.82, 2.24) is 15.5 Å². The van der Waals surface area contributed by atoms with Crippen LogP contribution in [-0.2, 0) is 4.79 Å². The highest BCUT2D eigenvalue weighted by Crippen LogP contribution is 2.29. The molecule has 0 radical (unpaired) electrons. The summed E-state index contributed by atoms with van der Waals surface area (Å²) in [5.41, 5.74) is 0.543. The van der Waals surface area contributed by atoms with Crippen LogP contribution in [0.2, 0.25) is 0 Å². The van der Waals surface area contributed by atoms with Crippen LogP contribution in [0.3, 0.4) is 0 Å². The molecule has 2 atom stereocenters. The number of rotatable bonds is 6. The molecule has 0 bridgehead atoms. The molecule has 2 rings (SSSR count). The number of piperazine rings is 1. The summed E-state index contributed by atoms with van der Waals surface area (Å²) in [6.07, 6.45) is 0. The number of methoxy groups -OCH3 is 1. The van der Waals surface area contributed by atoms with Crippen LogP contribution in [0, 0.1) is 0 Å². The molecule has 2 amide bonds. The Morgan fingerprint density at radius 1 is 1.31 bits per heavy atom. The SMILES string of the molecule is COc1cc(C(=O)N2CCNC(C)C2C)ccc1OCC(=O)NC(C)C. The molecular weight excluding hydrogens is 334 g/mol. The van der Waals surface area contributed by atoms with Gasteiger partial charge in [0.15, 0.2) is 18.1 Å². The minimum atomic E-state index is -0.203. The van der Waals surface area contributed by atoms with Gasteiger partial charge >= 0.3 is 0 Å². The van der Waals surface area contributed by atoms with E-state index in [-0.39, 0.29) is 36.5 Å². The fourth-order valence-corrected chi connectivity index (χ4v) is 2.94. The van der Waals surface area contributed by atoms with E-state index in [2.05, 4.69) is 17.6 Å². The molecule has 1 aromatic carbocycles. The Hall–Kier alpha value is -2.28. The molecule has 26 heavy (non-hydrogen) atoms. The predicted molar refractivity (Wildman–Crippen MR) is 99.7 cm³/mol. The van der Waals surface area contributed by atoms with E-state index in [1.165, 1.54) is 7.11 Å². The minimum Gasteiger partial charge on any atom is -0.493 e. The van der Waals surface area contributed by atoms with Crippen LogP contribution in [0.15, 0.2) is 18.2 Å². The fourth-order valence-electron chi connectivity index (χ4n) is 2.94. The van der Waals surface area contributed by atoms with Crippen LogP contribution >= 0.6 is 0 Å². The number of amides is 2. The zero-order valence-electron chi connectivity index (χ0n) is 16.2. The van der Waals surface area contributed by atoms with Crippen molar-refractivity contribution in [2.75, 3.05) is 26.8 Å². The molecule has 1 fully saturated rings. The second kappa shape index (κ2) is 8.89. The fraction of sp³-hybridized carbons (Fsp3) is 0.579. The molecule has 1 aliphatic heterocycles. The lowest BCUT2D eigenvalue weighted by atomic mass is 10.1. The average molecular weight is 363 g/mol. The molecule has 2 unspecified atom stereocenters. The number of carbonyl (C=O) groups excluding carboxylic acids is 2. The first-order valence-electron chi connectivity index (χ1n) is 8.98. The molecule has 1 aromatic rings. The van der Waals surface area contributed by atoms with E-state index in [1.54, 1.807) is 18.2 Å². The summed E-state index contributed by atoms with van der Waals surface area (Å²) in [6, 6.07) is 5.45. The molecule has 0 aliphatic carbocycles. The highest BCUT2D eigenvalue weighted by atomic mass is 16.5. The number of benzene rings is 1. The van der Waals surface area contributed by atoms with Crippen molar-refractivity contribution in [3.8, 4) is 11.5 Å². The first-order chi connectivity index (χ1) is 12.3. The van der Waals surface area contributed by atoms with Gasteiger partial charge in [0.1, 0.15) is 0 Å². The molecule has 7 heteroatoms. The average Bonchev–Trinajstić information content (AvgIpc) is 2.61. The molecule has 7 nitrogen and oxygen atoms in total. The topological polar surface area (TPSA) is 79.9 Å². The number of nitrogens with zero attached hydrogens (tertiary/aromatic N) is 1. The van der Waals surface area contributed by atoms with E-state index < -0.39 is 0 Å². The van der Waals surface area contributed by atoms with Crippen LogP contribution in [0.1, 0.15) is 38.1 Å². The van der Waals surface area contributed by atoms with Crippen molar-refractivity contribution in [3.05, 3.63) is 23.8 Å². The van der Waals surface area contributed by atoms with Crippen molar-refractivity contribution in [2.24, 2.45) is 0 Å². The maximum atomic E-state index is 12.9. The van der Waals surface area contributed by atoms with E-state index in [0.29, 0.717) is 23.6 Å². The monoisotopic (exact) mass is 363 g/mol. The normalized spacial score (nSPS) is 20.0. The zero-order chi connectivity index (χ0) is 19.3. The van der Waals surface area contributed by atoms with Gasteiger partial charge in [-0.15, -0.1) is 0 Å². The van der Waals surface area contributed by atoms with Gasteiger partial charge in [-0.1, -0.05) is 0 Å². The zero-order valence-corrected chi connectivity index (χ0v) is 16.2. The molecule has 0 spiro atoms. The first kappa shape index (κ1) is 20.0. The minimum absolute atomic E-state index is 0.0340. The Balaban J connectivity index is 2.09. The van der Waals surface area contributed by atoms with Crippen LogP contribution < -0.4 is 20.1 Å². The molecule has 0 aromatic heterocycles. The summed E-state index contributed by atoms with van der Waals surface area (Å²) in [7, 11) is 1.51. The van der Waals surface area contributed by atoms with Crippen molar-refractivity contribution in [3.63, 3.8) is 0 Å². The van der Waals surface area contributed by atoms with Crippen molar-refractivity contribution in [1.29, 1.82) is 0 Å². The predicted octanol–water partition coefficient (Wildman–Crippen LogP) is 1.42. The van der Waals surface area contributed by atoms with E-state index in [4.69, 9.17) is 9.47 Å². The first-order valence-corrected chi connectivity index (χ1v) is 8.98. The molecule has 0 saturated carbocycles. The molecular formula is C19H29N3O4. The van der Waals surface area contributed by atoms with Gasteiger partial charge in [0.25, 0.3) is 11.8 Å². The second-order valence-corrected chi connectivity index (χ2v) is 6.86. The maximum absolute atomic E-state index is 12.9. The van der Waals surface area contributed by atoms with Gasteiger partial charge in [-0.2, -0.15) is 0 Å². The molecule has 1 saturated heterocycles. The third-order valence-electron chi connectivity index (χ3n) is 4.51. The Labute approximate surface area is 155 Å². The van der Waals surface area contributed by atoms with Gasteiger partial charge in [0.05, 0.1) is 7.11 Å². The number of ether oxygens (including phenoxy) is 2. The lowest BCUT2D eigenvalue weighted by molar-refractivity contribution is -0.123. The van der Waals surface area contributed by atoms with Gasteiger partial charge in [0.2, 0.25) is 0 Å². The number of hydrogen-bond acceptors (Lipinski definition) is 5. The number of hydrogen-bond donors (Lipinski definition) is 2. The molecule has 1 aliphatic rings.